The first-order valence-corrected chi connectivity index (χ1v) is 11.7. The topological polar surface area (TPSA) is 114 Å². The summed E-state index contributed by atoms with van der Waals surface area (Å²) in [4.78, 5) is 22.9. The molecule has 2 aromatic heterocycles. The van der Waals surface area contributed by atoms with Crippen LogP contribution in [0.3, 0.4) is 0 Å². The van der Waals surface area contributed by atoms with E-state index in [9.17, 15) is 4.79 Å². The lowest BCUT2D eigenvalue weighted by molar-refractivity contribution is 0.0955. The molecule has 0 saturated heterocycles. The molecule has 184 valence electrons. The predicted molar refractivity (Wildman–Crippen MR) is 137 cm³/mol. The van der Waals surface area contributed by atoms with Crippen molar-refractivity contribution in [1.82, 2.24) is 19.9 Å². The van der Waals surface area contributed by atoms with Gasteiger partial charge in [-0.05, 0) is 18.6 Å². The Labute approximate surface area is 204 Å². The van der Waals surface area contributed by atoms with Gasteiger partial charge in [-0.2, -0.15) is 0 Å². The molecule has 35 heavy (non-hydrogen) atoms. The number of nitrogens with zero attached hydrogens (tertiary/aromatic N) is 3. The maximum Gasteiger partial charge on any atom is 0.257 e. The molecule has 0 radical (unpaired) electrons. The summed E-state index contributed by atoms with van der Waals surface area (Å²) in [7, 11) is 4.63. The van der Waals surface area contributed by atoms with Gasteiger partial charge in [0.05, 0.1) is 38.1 Å². The van der Waals surface area contributed by atoms with Gasteiger partial charge in [-0.15, -0.1) is 0 Å². The van der Waals surface area contributed by atoms with E-state index in [0.29, 0.717) is 57.2 Å². The summed E-state index contributed by atoms with van der Waals surface area (Å²) in [5, 5.41) is 3.00. The van der Waals surface area contributed by atoms with Crippen molar-refractivity contribution < 1.29 is 19.0 Å². The van der Waals surface area contributed by atoms with Crippen molar-refractivity contribution >= 4 is 33.9 Å². The third-order valence-corrected chi connectivity index (χ3v) is 5.95. The van der Waals surface area contributed by atoms with Crippen LogP contribution in [0.1, 0.15) is 43.0 Å². The van der Waals surface area contributed by atoms with Crippen LogP contribution < -0.4 is 25.3 Å². The third kappa shape index (κ3) is 4.53. The van der Waals surface area contributed by atoms with Gasteiger partial charge in [0.1, 0.15) is 16.9 Å². The molecule has 0 fully saturated rings. The number of anilines is 1. The van der Waals surface area contributed by atoms with Crippen LogP contribution in [-0.4, -0.2) is 48.3 Å². The van der Waals surface area contributed by atoms with E-state index < -0.39 is 0 Å². The van der Waals surface area contributed by atoms with Gasteiger partial charge >= 0.3 is 0 Å². The molecule has 0 spiro atoms. The number of ether oxygens (including phenoxy) is 3. The number of methoxy groups -OCH3 is 3. The van der Waals surface area contributed by atoms with Crippen LogP contribution >= 0.6 is 0 Å². The fourth-order valence-electron chi connectivity index (χ4n) is 4.19. The summed E-state index contributed by atoms with van der Waals surface area (Å²) in [6.07, 6.45) is 4.23. The van der Waals surface area contributed by atoms with E-state index in [-0.39, 0.29) is 11.7 Å². The van der Waals surface area contributed by atoms with E-state index in [2.05, 4.69) is 12.2 Å². The van der Waals surface area contributed by atoms with Crippen molar-refractivity contribution in [2.75, 3.05) is 33.6 Å². The Morgan fingerprint density at radius 3 is 2.23 bits per heavy atom. The fourth-order valence-corrected chi connectivity index (χ4v) is 4.19. The number of rotatable bonds is 10. The van der Waals surface area contributed by atoms with Crippen molar-refractivity contribution in [2.45, 2.75) is 32.6 Å². The van der Waals surface area contributed by atoms with Crippen LogP contribution in [0, 0.1) is 0 Å². The summed E-state index contributed by atoms with van der Waals surface area (Å²) in [6.45, 7) is 2.72. The normalized spacial score (nSPS) is 11.1. The number of nitrogens with two attached hydrogens (primary N) is 1. The maximum atomic E-state index is 13.3. The molecular weight excluding hydrogens is 446 g/mol. The predicted octanol–water partition coefficient (Wildman–Crippen LogP) is 4.49. The van der Waals surface area contributed by atoms with Crippen LogP contribution in [0.4, 0.5) is 5.82 Å². The van der Waals surface area contributed by atoms with E-state index in [1.807, 2.05) is 24.3 Å². The van der Waals surface area contributed by atoms with Gasteiger partial charge in [0.25, 0.3) is 5.91 Å². The number of amides is 1. The standard InChI is InChI=1S/C26H31N5O4/c1-5-6-7-10-13-28-26(32)21-22-25(30-18-12-9-8-11-17(18)29-22)31(24(21)27)16-14-19(33-2)23(35-4)20(15-16)34-3/h8-9,11-12,14-15H,5-7,10,13,27H2,1-4H3,(H,28,32). The molecule has 0 unspecified atom stereocenters. The first-order valence-electron chi connectivity index (χ1n) is 11.7. The highest BCUT2D eigenvalue weighted by Gasteiger charge is 2.26. The molecule has 3 N–H and O–H groups in total. The molecule has 4 aromatic rings. The van der Waals surface area contributed by atoms with E-state index in [1.165, 1.54) is 0 Å². The number of carbonyl (C=O) groups is 1. The zero-order valence-corrected chi connectivity index (χ0v) is 20.6. The number of nitrogen functional groups attached to an aromatic ring is 1. The molecule has 0 saturated carbocycles. The molecule has 0 aliphatic rings. The highest BCUT2D eigenvalue weighted by molar-refractivity contribution is 6.11. The van der Waals surface area contributed by atoms with E-state index in [0.717, 1.165) is 25.7 Å². The van der Waals surface area contributed by atoms with Crippen molar-refractivity contribution in [3.05, 3.63) is 42.0 Å². The lowest BCUT2D eigenvalue weighted by atomic mass is 10.2. The number of fused-ring (bicyclic) bond motifs is 2. The minimum atomic E-state index is -0.278. The van der Waals surface area contributed by atoms with Crippen LogP contribution in [0.5, 0.6) is 17.2 Å². The van der Waals surface area contributed by atoms with Gasteiger partial charge in [-0.1, -0.05) is 38.3 Å². The zero-order chi connectivity index (χ0) is 24.9. The van der Waals surface area contributed by atoms with Crippen LogP contribution in [0.15, 0.2) is 36.4 Å². The van der Waals surface area contributed by atoms with E-state index in [4.69, 9.17) is 29.9 Å². The molecular formula is C26H31N5O4. The first kappa shape index (κ1) is 24.1. The Kier molecular flexibility index (Phi) is 7.24. The number of carbonyl (C=O) groups excluding carboxylic acids is 1. The molecule has 9 nitrogen and oxygen atoms in total. The lowest BCUT2D eigenvalue weighted by Gasteiger charge is -2.16. The Bertz CT molecular complexity index is 1340. The summed E-state index contributed by atoms with van der Waals surface area (Å²) >= 11 is 0. The first-order chi connectivity index (χ1) is 17.0. The van der Waals surface area contributed by atoms with Crippen LogP contribution in [0.2, 0.25) is 0 Å². The molecule has 2 aromatic carbocycles. The van der Waals surface area contributed by atoms with Crippen molar-refractivity contribution in [2.24, 2.45) is 0 Å². The van der Waals surface area contributed by atoms with Crippen LogP contribution in [0.25, 0.3) is 27.9 Å². The molecule has 9 heteroatoms. The summed E-state index contributed by atoms with van der Waals surface area (Å²) in [5.74, 6) is 1.32. The average molecular weight is 478 g/mol. The zero-order valence-electron chi connectivity index (χ0n) is 20.6. The van der Waals surface area contributed by atoms with Gasteiger partial charge in [0.15, 0.2) is 17.1 Å². The molecule has 0 bridgehead atoms. The number of unbranched alkanes of at least 4 members (excludes halogenated alkanes) is 3. The highest BCUT2D eigenvalue weighted by atomic mass is 16.5. The SMILES string of the molecule is CCCCCCNC(=O)c1c(N)n(-c2cc(OC)c(OC)c(OC)c2)c2nc3ccccc3nc12. The smallest absolute Gasteiger partial charge is 0.257 e. The second-order valence-electron chi connectivity index (χ2n) is 8.18. The van der Waals surface area contributed by atoms with Gasteiger partial charge in [0, 0.05) is 18.7 Å². The van der Waals surface area contributed by atoms with Crippen LogP contribution in [-0.2, 0) is 0 Å². The Morgan fingerprint density at radius 2 is 1.63 bits per heavy atom. The molecule has 2 heterocycles. The molecule has 0 aliphatic carbocycles. The number of hydrogen-bond acceptors (Lipinski definition) is 7. The number of para-hydroxylation sites is 2. The number of benzene rings is 2. The Morgan fingerprint density at radius 1 is 0.971 bits per heavy atom. The monoisotopic (exact) mass is 477 g/mol. The minimum Gasteiger partial charge on any atom is -0.493 e. The summed E-state index contributed by atoms with van der Waals surface area (Å²) in [5.41, 5.74) is 9.79. The minimum absolute atomic E-state index is 0.232. The quantitative estimate of drug-likeness (QED) is 0.324. The molecule has 0 atom stereocenters. The number of nitrogens with one attached hydrogen (secondary N) is 1. The summed E-state index contributed by atoms with van der Waals surface area (Å²) < 4.78 is 18.2. The Hall–Kier alpha value is -4.01. The van der Waals surface area contributed by atoms with Crippen molar-refractivity contribution in [1.29, 1.82) is 0 Å². The second kappa shape index (κ2) is 10.5. The number of aromatic nitrogens is 3. The van der Waals surface area contributed by atoms with Gasteiger partial charge in [-0.3, -0.25) is 9.36 Å². The maximum absolute atomic E-state index is 13.3. The van der Waals surface area contributed by atoms with E-state index in [1.54, 1.807) is 38.0 Å². The van der Waals surface area contributed by atoms with Crippen molar-refractivity contribution in [3.63, 3.8) is 0 Å². The van der Waals surface area contributed by atoms with E-state index >= 15 is 0 Å². The summed E-state index contributed by atoms with van der Waals surface area (Å²) in [6, 6.07) is 11.0. The lowest BCUT2D eigenvalue weighted by Crippen LogP contribution is -2.25. The largest absolute Gasteiger partial charge is 0.493 e. The van der Waals surface area contributed by atoms with Crippen molar-refractivity contribution in [3.8, 4) is 22.9 Å². The highest BCUT2D eigenvalue weighted by Crippen LogP contribution is 2.41. The molecule has 0 aliphatic heterocycles. The third-order valence-electron chi connectivity index (χ3n) is 5.95. The number of hydrogen-bond donors (Lipinski definition) is 2. The van der Waals surface area contributed by atoms with Gasteiger partial charge in [0.2, 0.25) is 5.75 Å². The fraction of sp³-hybridized carbons (Fsp3) is 0.346. The Balaban J connectivity index is 1.90. The van der Waals surface area contributed by atoms with Gasteiger partial charge in [-0.25, -0.2) is 9.97 Å². The molecule has 1 amide bonds. The molecule has 4 rings (SSSR count). The average Bonchev–Trinajstić information content (AvgIpc) is 3.16. The second-order valence-corrected chi connectivity index (χ2v) is 8.18. The van der Waals surface area contributed by atoms with Gasteiger partial charge < -0.3 is 25.3 Å².